The van der Waals surface area contributed by atoms with Crippen molar-refractivity contribution in [2.24, 2.45) is 0 Å². The fourth-order valence-corrected chi connectivity index (χ4v) is 5.93. The van der Waals surface area contributed by atoms with E-state index >= 15 is 0 Å². The number of nitrogens with zero attached hydrogens (tertiary/aromatic N) is 3. The quantitative estimate of drug-likeness (QED) is 0.303. The van der Waals surface area contributed by atoms with Crippen molar-refractivity contribution in [1.82, 2.24) is 9.80 Å². The summed E-state index contributed by atoms with van der Waals surface area (Å²) in [7, 11) is 0. The van der Waals surface area contributed by atoms with Crippen molar-refractivity contribution in [3.05, 3.63) is 59.0 Å². The topological polar surface area (TPSA) is 36.0 Å². The van der Waals surface area contributed by atoms with E-state index in [1.807, 2.05) is 28.4 Å². The van der Waals surface area contributed by atoms with Crippen LogP contribution in [0, 0.1) is 0 Å². The maximum atomic E-state index is 12.8. The zero-order valence-corrected chi connectivity index (χ0v) is 21.1. The summed E-state index contributed by atoms with van der Waals surface area (Å²) < 4.78 is 7.39. The van der Waals surface area contributed by atoms with Crippen LogP contribution in [-0.4, -0.2) is 74.0 Å². The molecule has 2 aliphatic rings. The van der Waals surface area contributed by atoms with Crippen LogP contribution < -0.4 is 9.64 Å². The Labute approximate surface area is 210 Å². The number of fused-ring (bicyclic) bond motifs is 2. The highest BCUT2D eigenvalue weighted by atomic mass is 35.5. The number of thiophene rings is 1. The van der Waals surface area contributed by atoms with Crippen LogP contribution >= 0.6 is 22.9 Å². The fourth-order valence-electron chi connectivity index (χ4n) is 5.00. The number of piperazine rings is 1. The van der Waals surface area contributed by atoms with E-state index in [0.29, 0.717) is 12.5 Å². The van der Waals surface area contributed by atoms with Gasteiger partial charge in [0.2, 0.25) is 0 Å². The molecule has 0 unspecified atom stereocenters. The molecule has 1 aromatic heterocycles. The molecule has 1 amide bonds. The molecular weight excluding hydrogens is 466 g/mol. The first kappa shape index (κ1) is 23.5. The largest absolute Gasteiger partial charge is 0.494 e. The summed E-state index contributed by atoms with van der Waals surface area (Å²) in [5.74, 6) is 1.48. The van der Waals surface area contributed by atoms with Gasteiger partial charge in [0.1, 0.15) is 5.75 Å². The van der Waals surface area contributed by atoms with Gasteiger partial charge < -0.3 is 14.5 Å². The van der Waals surface area contributed by atoms with E-state index in [2.05, 4.69) is 45.5 Å². The van der Waals surface area contributed by atoms with Crippen LogP contribution in [0.3, 0.4) is 0 Å². The lowest BCUT2D eigenvalue weighted by molar-refractivity contribution is 0.0739. The van der Waals surface area contributed by atoms with Gasteiger partial charge in [-0.1, -0.05) is 12.1 Å². The highest BCUT2D eigenvalue weighted by molar-refractivity contribution is 7.17. The summed E-state index contributed by atoms with van der Waals surface area (Å²) >= 11 is 7.62. The number of anilines is 1. The maximum Gasteiger partial charge on any atom is 0.254 e. The predicted molar refractivity (Wildman–Crippen MR) is 142 cm³/mol. The molecule has 0 N–H and O–H groups in total. The summed E-state index contributed by atoms with van der Waals surface area (Å²) in [5, 5.41) is 3.56. The number of carbonyl (C=O) groups excluding carboxylic acids is 1. The molecule has 1 saturated heterocycles. The standard InChI is InChI=1S/C27H32ClN3O2S/c28-10-2-12-31-13-8-21-6-7-22(20-24(21)27(31)32)33-18-3-11-29-14-16-30(17-15-29)25-4-1-5-26-23(25)9-19-34-26/h1,4-7,9,19-20H,2-3,8,10-18H2. The lowest BCUT2D eigenvalue weighted by Crippen LogP contribution is -2.46. The Morgan fingerprint density at radius 3 is 2.71 bits per heavy atom. The van der Waals surface area contributed by atoms with Crippen LogP contribution in [0.15, 0.2) is 47.8 Å². The number of rotatable bonds is 9. The molecule has 3 aromatic rings. The van der Waals surface area contributed by atoms with E-state index in [1.54, 1.807) is 0 Å². The van der Waals surface area contributed by atoms with Gasteiger partial charge in [0, 0.05) is 73.0 Å². The second kappa shape index (κ2) is 11.0. The zero-order chi connectivity index (χ0) is 23.3. The van der Waals surface area contributed by atoms with Gasteiger partial charge in [-0.3, -0.25) is 9.69 Å². The van der Waals surface area contributed by atoms with E-state index < -0.39 is 0 Å². The minimum atomic E-state index is 0.104. The van der Waals surface area contributed by atoms with Crippen LogP contribution in [0.1, 0.15) is 28.8 Å². The Kier molecular flexibility index (Phi) is 7.57. The highest BCUT2D eigenvalue weighted by Gasteiger charge is 2.24. The maximum absolute atomic E-state index is 12.8. The molecule has 0 atom stereocenters. The van der Waals surface area contributed by atoms with Gasteiger partial charge in [-0.25, -0.2) is 0 Å². The third-order valence-corrected chi connectivity index (χ3v) is 8.03. The minimum Gasteiger partial charge on any atom is -0.494 e. The van der Waals surface area contributed by atoms with Crippen molar-refractivity contribution >= 4 is 44.6 Å². The first-order valence-corrected chi connectivity index (χ1v) is 13.7. The molecule has 0 spiro atoms. The molecule has 34 heavy (non-hydrogen) atoms. The summed E-state index contributed by atoms with van der Waals surface area (Å²) in [6, 6.07) is 14.8. The van der Waals surface area contributed by atoms with Crippen LogP contribution in [0.25, 0.3) is 10.1 Å². The van der Waals surface area contributed by atoms with Crippen molar-refractivity contribution in [3.8, 4) is 5.75 Å². The lowest BCUT2D eigenvalue weighted by Gasteiger charge is -2.36. The summed E-state index contributed by atoms with van der Waals surface area (Å²) in [6.07, 6.45) is 2.71. The van der Waals surface area contributed by atoms with Gasteiger partial charge in [-0.15, -0.1) is 22.9 Å². The van der Waals surface area contributed by atoms with Gasteiger partial charge in [-0.2, -0.15) is 0 Å². The van der Waals surface area contributed by atoms with Crippen molar-refractivity contribution in [1.29, 1.82) is 0 Å². The number of benzene rings is 2. The minimum absolute atomic E-state index is 0.104. The zero-order valence-electron chi connectivity index (χ0n) is 19.5. The smallest absolute Gasteiger partial charge is 0.254 e. The molecule has 0 aliphatic carbocycles. The molecule has 0 radical (unpaired) electrons. The molecule has 0 bridgehead atoms. The predicted octanol–water partition coefficient (Wildman–Crippen LogP) is 5.12. The van der Waals surface area contributed by atoms with Gasteiger partial charge in [0.15, 0.2) is 0 Å². The number of hydrogen-bond donors (Lipinski definition) is 0. The average Bonchev–Trinajstić information content (AvgIpc) is 3.36. The lowest BCUT2D eigenvalue weighted by atomic mass is 9.98. The molecule has 1 fully saturated rings. The molecule has 2 aliphatic heterocycles. The number of carbonyl (C=O) groups is 1. The Bertz CT molecular complexity index is 1130. The van der Waals surface area contributed by atoms with E-state index in [9.17, 15) is 4.79 Å². The van der Waals surface area contributed by atoms with E-state index in [0.717, 1.165) is 82.0 Å². The Morgan fingerprint density at radius 2 is 1.85 bits per heavy atom. The first-order chi connectivity index (χ1) is 16.7. The van der Waals surface area contributed by atoms with E-state index in [4.69, 9.17) is 16.3 Å². The van der Waals surface area contributed by atoms with Crippen LogP contribution in [0.2, 0.25) is 0 Å². The number of ether oxygens (including phenoxy) is 1. The molecule has 3 heterocycles. The van der Waals surface area contributed by atoms with Gasteiger partial charge in [-0.05, 0) is 60.5 Å². The van der Waals surface area contributed by atoms with E-state index in [-0.39, 0.29) is 5.91 Å². The van der Waals surface area contributed by atoms with Crippen LogP contribution in [-0.2, 0) is 6.42 Å². The molecule has 7 heteroatoms. The highest BCUT2D eigenvalue weighted by Crippen LogP contribution is 2.31. The number of hydrogen-bond acceptors (Lipinski definition) is 5. The molecule has 0 saturated carbocycles. The molecule has 5 nitrogen and oxygen atoms in total. The van der Waals surface area contributed by atoms with Crippen molar-refractivity contribution in [3.63, 3.8) is 0 Å². The Balaban J connectivity index is 1.08. The second-order valence-corrected chi connectivity index (χ2v) is 10.4. The van der Waals surface area contributed by atoms with E-state index in [1.165, 1.54) is 15.8 Å². The van der Waals surface area contributed by atoms with Crippen LogP contribution in [0.5, 0.6) is 5.75 Å². The van der Waals surface area contributed by atoms with Crippen LogP contribution in [0.4, 0.5) is 5.69 Å². The number of amides is 1. The monoisotopic (exact) mass is 497 g/mol. The van der Waals surface area contributed by atoms with Crippen molar-refractivity contribution < 1.29 is 9.53 Å². The second-order valence-electron chi connectivity index (χ2n) is 9.04. The Hall–Kier alpha value is -2.28. The molecule has 2 aromatic carbocycles. The van der Waals surface area contributed by atoms with Gasteiger partial charge in [0.25, 0.3) is 5.91 Å². The normalized spacial score (nSPS) is 16.8. The van der Waals surface area contributed by atoms with Crippen molar-refractivity contribution in [2.75, 3.05) is 63.2 Å². The summed E-state index contributed by atoms with van der Waals surface area (Å²) in [5.41, 5.74) is 3.27. The Morgan fingerprint density at radius 1 is 0.971 bits per heavy atom. The molecular formula is C27H32ClN3O2S. The SMILES string of the molecule is O=C1c2cc(OCCCN3CCN(c4cccc5sccc45)CC3)ccc2CCN1CCCCl. The summed E-state index contributed by atoms with van der Waals surface area (Å²) in [6.45, 7) is 7.47. The summed E-state index contributed by atoms with van der Waals surface area (Å²) in [4.78, 5) is 19.8. The molecule has 5 rings (SSSR count). The number of alkyl halides is 1. The van der Waals surface area contributed by atoms with Gasteiger partial charge in [0.05, 0.1) is 6.61 Å². The van der Waals surface area contributed by atoms with Gasteiger partial charge >= 0.3 is 0 Å². The fraction of sp³-hybridized carbons (Fsp3) is 0.444. The van der Waals surface area contributed by atoms with Crippen molar-refractivity contribution in [2.45, 2.75) is 19.3 Å². The first-order valence-electron chi connectivity index (χ1n) is 12.3. The number of halogens is 1. The molecule has 180 valence electrons. The third kappa shape index (κ3) is 5.19. The average molecular weight is 498 g/mol. The third-order valence-electron chi connectivity index (χ3n) is 6.88.